The highest BCUT2D eigenvalue weighted by atomic mass is 79.9. The van der Waals surface area contributed by atoms with E-state index in [0.29, 0.717) is 13.1 Å². The van der Waals surface area contributed by atoms with E-state index in [1.165, 1.54) is 17.1 Å². The monoisotopic (exact) mass is 358 g/mol. The van der Waals surface area contributed by atoms with Gasteiger partial charge in [-0.2, -0.15) is 5.10 Å². The van der Waals surface area contributed by atoms with Gasteiger partial charge in [-0.25, -0.2) is 13.1 Å². The highest BCUT2D eigenvalue weighted by molar-refractivity contribution is 9.10. The molecule has 1 aromatic heterocycles. The van der Waals surface area contributed by atoms with E-state index in [0.717, 1.165) is 10.0 Å². The minimum absolute atomic E-state index is 0.140. The van der Waals surface area contributed by atoms with Gasteiger partial charge >= 0.3 is 0 Å². The number of benzene rings is 1. The molecule has 3 N–H and O–H groups in total. The molecule has 0 amide bonds. The van der Waals surface area contributed by atoms with E-state index in [1.54, 1.807) is 0 Å². The van der Waals surface area contributed by atoms with Gasteiger partial charge in [0.15, 0.2) is 0 Å². The third-order valence-electron chi connectivity index (χ3n) is 2.63. The first-order valence-corrected chi connectivity index (χ1v) is 8.25. The fourth-order valence-corrected chi connectivity index (χ4v) is 3.06. The van der Waals surface area contributed by atoms with Crippen molar-refractivity contribution in [2.75, 3.05) is 6.54 Å². The molecule has 0 bridgehead atoms. The maximum Gasteiger partial charge on any atom is 0.243 e. The van der Waals surface area contributed by atoms with E-state index >= 15 is 0 Å². The molecule has 0 fully saturated rings. The van der Waals surface area contributed by atoms with Crippen LogP contribution in [-0.2, 0) is 23.1 Å². The number of rotatable bonds is 6. The van der Waals surface area contributed by atoms with Gasteiger partial charge in [-0.3, -0.25) is 4.68 Å². The SMILES string of the molecule is NCCn1cc(S(=O)(=O)NCc2cccc(Br)c2)cn1. The standard InChI is InChI=1S/C12H15BrN4O2S/c13-11-3-1-2-10(6-11)7-16-20(18,19)12-8-15-17(9-12)5-4-14/h1-3,6,8-9,16H,4-5,7,14H2. The quantitative estimate of drug-likeness (QED) is 0.808. The Hall–Kier alpha value is -1.22. The van der Waals surface area contributed by atoms with Crippen molar-refractivity contribution >= 4 is 26.0 Å². The van der Waals surface area contributed by atoms with Crippen LogP contribution in [0.2, 0.25) is 0 Å². The summed E-state index contributed by atoms with van der Waals surface area (Å²) in [5.74, 6) is 0. The van der Waals surface area contributed by atoms with Crippen molar-refractivity contribution in [2.45, 2.75) is 18.0 Å². The molecule has 108 valence electrons. The van der Waals surface area contributed by atoms with Crippen LogP contribution in [0, 0.1) is 0 Å². The lowest BCUT2D eigenvalue weighted by Crippen LogP contribution is -2.23. The fraction of sp³-hybridized carbons (Fsp3) is 0.250. The highest BCUT2D eigenvalue weighted by Crippen LogP contribution is 2.13. The minimum Gasteiger partial charge on any atom is -0.329 e. The van der Waals surface area contributed by atoms with E-state index in [-0.39, 0.29) is 11.4 Å². The van der Waals surface area contributed by atoms with E-state index < -0.39 is 10.0 Å². The summed E-state index contributed by atoms with van der Waals surface area (Å²) in [5, 5.41) is 3.95. The van der Waals surface area contributed by atoms with Crippen LogP contribution in [0.4, 0.5) is 0 Å². The molecule has 0 saturated carbocycles. The number of aromatic nitrogens is 2. The van der Waals surface area contributed by atoms with Crippen LogP contribution in [0.5, 0.6) is 0 Å². The third-order valence-corrected chi connectivity index (χ3v) is 4.48. The topological polar surface area (TPSA) is 90.0 Å². The molecule has 2 rings (SSSR count). The second-order valence-electron chi connectivity index (χ2n) is 4.18. The molecule has 2 aromatic rings. The van der Waals surface area contributed by atoms with Gasteiger partial charge in [0.2, 0.25) is 10.0 Å². The number of hydrogen-bond donors (Lipinski definition) is 2. The molecule has 0 aliphatic rings. The molecule has 1 heterocycles. The van der Waals surface area contributed by atoms with E-state index in [4.69, 9.17) is 5.73 Å². The van der Waals surface area contributed by atoms with Crippen molar-refractivity contribution in [3.05, 3.63) is 46.7 Å². The normalized spacial score (nSPS) is 11.7. The molecular weight excluding hydrogens is 344 g/mol. The van der Waals surface area contributed by atoms with E-state index in [9.17, 15) is 8.42 Å². The van der Waals surface area contributed by atoms with Gasteiger partial charge in [0.1, 0.15) is 4.90 Å². The molecule has 0 radical (unpaired) electrons. The molecule has 0 spiro atoms. The summed E-state index contributed by atoms with van der Waals surface area (Å²) in [6.45, 7) is 1.12. The van der Waals surface area contributed by atoms with Crippen LogP contribution in [0.15, 0.2) is 46.0 Å². The van der Waals surface area contributed by atoms with Crippen LogP contribution in [0.3, 0.4) is 0 Å². The summed E-state index contributed by atoms with van der Waals surface area (Å²) in [5.41, 5.74) is 6.27. The van der Waals surface area contributed by atoms with Gasteiger partial charge in [-0.1, -0.05) is 28.1 Å². The summed E-state index contributed by atoms with van der Waals surface area (Å²) in [7, 11) is -3.56. The van der Waals surface area contributed by atoms with E-state index in [2.05, 4.69) is 25.8 Å². The van der Waals surface area contributed by atoms with Crippen molar-refractivity contribution < 1.29 is 8.42 Å². The molecule has 8 heteroatoms. The predicted molar refractivity (Wildman–Crippen MR) is 79.4 cm³/mol. The Morgan fingerprint density at radius 3 is 2.90 bits per heavy atom. The number of nitrogens with zero attached hydrogens (tertiary/aromatic N) is 2. The first-order chi connectivity index (χ1) is 9.51. The van der Waals surface area contributed by atoms with Gasteiger partial charge in [-0.15, -0.1) is 0 Å². The zero-order chi connectivity index (χ0) is 14.6. The molecule has 6 nitrogen and oxygen atoms in total. The molecule has 20 heavy (non-hydrogen) atoms. The molecule has 0 aliphatic carbocycles. The van der Waals surface area contributed by atoms with Gasteiger partial charge in [-0.05, 0) is 17.7 Å². The van der Waals surface area contributed by atoms with Gasteiger partial charge in [0.25, 0.3) is 0 Å². The van der Waals surface area contributed by atoms with Crippen molar-refractivity contribution in [1.82, 2.24) is 14.5 Å². The Labute approximate surface area is 126 Å². The molecule has 1 aromatic carbocycles. The molecule has 0 atom stereocenters. The van der Waals surface area contributed by atoms with Crippen LogP contribution < -0.4 is 10.5 Å². The van der Waals surface area contributed by atoms with Crippen LogP contribution in [-0.4, -0.2) is 24.7 Å². The summed E-state index contributed by atoms with van der Waals surface area (Å²) >= 11 is 3.35. The van der Waals surface area contributed by atoms with Gasteiger partial charge in [0.05, 0.1) is 12.7 Å². The van der Waals surface area contributed by atoms with Crippen LogP contribution >= 0.6 is 15.9 Å². The van der Waals surface area contributed by atoms with Crippen molar-refractivity contribution in [1.29, 1.82) is 0 Å². The largest absolute Gasteiger partial charge is 0.329 e. The lowest BCUT2D eigenvalue weighted by Gasteiger charge is -2.05. The Morgan fingerprint density at radius 1 is 1.40 bits per heavy atom. The molecule has 0 saturated heterocycles. The third kappa shape index (κ3) is 3.89. The Kier molecular flexibility index (Phi) is 4.92. The van der Waals surface area contributed by atoms with Gasteiger partial charge in [0, 0.05) is 23.8 Å². The first-order valence-electron chi connectivity index (χ1n) is 5.98. The second kappa shape index (κ2) is 6.49. The fourth-order valence-electron chi connectivity index (χ4n) is 1.65. The van der Waals surface area contributed by atoms with Crippen LogP contribution in [0.1, 0.15) is 5.56 Å². The first kappa shape index (κ1) is 15.2. The minimum atomic E-state index is -3.56. The van der Waals surface area contributed by atoms with E-state index in [1.807, 2.05) is 24.3 Å². The smallest absolute Gasteiger partial charge is 0.243 e. The van der Waals surface area contributed by atoms with Crippen molar-refractivity contribution in [3.63, 3.8) is 0 Å². The molecule has 0 aliphatic heterocycles. The van der Waals surface area contributed by atoms with Gasteiger partial charge < -0.3 is 5.73 Å². The summed E-state index contributed by atoms with van der Waals surface area (Å²) < 4.78 is 29.2. The average molecular weight is 359 g/mol. The Bertz CT molecular complexity index is 684. The lowest BCUT2D eigenvalue weighted by molar-refractivity contribution is 0.580. The number of halogens is 1. The Balaban J connectivity index is 2.06. The second-order valence-corrected chi connectivity index (χ2v) is 6.86. The predicted octanol–water partition coefficient (Wildman–Crippen LogP) is 1.08. The summed E-state index contributed by atoms with van der Waals surface area (Å²) in [4.78, 5) is 0.140. The molecule has 0 unspecified atom stereocenters. The van der Waals surface area contributed by atoms with Crippen molar-refractivity contribution in [2.24, 2.45) is 5.73 Å². The number of nitrogens with one attached hydrogen (secondary N) is 1. The molecular formula is C12H15BrN4O2S. The van der Waals surface area contributed by atoms with Crippen molar-refractivity contribution in [3.8, 4) is 0 Å². The summed E-state index contributed by atoms with van der Waals surface area (Å²) in [6, 6.07) is 7.45. The number of sulfonamides is 1. The highest BCUT2D eigenvalue weighted by Gasteiger charge is 2.16. The zero-order valence-electron chi connectivity index (χ0n) is 10.7. The number of hydrogen-bond acceptors (Lipinski definition) is 4. The Morgan fingerprint density at radius 2 is 2.20 bits per heavy atom. The lowest BCUT2D eigenvalue weighted by atomic mass is 10.2. The van der Waals surface area contributed by atoms with Crippen LogP contribution in [0.25, 0.3) is 0 Å². The average Bonchev–Trinajstić information content (AvgIpc) is 2.87. The summed E-state index contributed by atoms with van der Waals surface area (Å²) in [6.07, 6.45) is 2.79. The number of nitrogens with two attached hydrogens (primary N) is 1. The zero-order valence-corrected chi connectivity index (χ0v) is 13.1. The maximum atomic E-state index is 12.1. The maximum absolute atomic E-state index is 12.1.